The molecule has 1 heteroatoms. The topological polar surface area (TPSA) is 9.23 Å². The molecule has 0 aliphatic heterocycles. The van der Waals surface area contributed by atoms with Crippen molar-refractivity contribution in [3.05, 3.63) is 0 Å². The molecule has 4 atom stereocenters. The fraction of sp³-hybridized carbons (Fsp3) is 1.00. The lowest BCUT2D eigenvalue weighted by atomic mass is 9.71. The van der Waals surface area contributed by atoms with Crippen molar-refractivity contribution < 1.29 is 4.74 Å². The summed E-state index contributed by atoms with van der Waals surface area (Å²) in [7, 11) is 0. The highest BCUT2D eigenvalue weighted by Crippen LogP contribution is 2.44. The Bertz CT molecular complexity index is 269. The van der Waals surface area contributed by atoms with Gasteiger partial charge in [-0.15, -0.1) is 0 Å². The Hall–Kier alpha value is -0.0400. The van der Waals surface area contributed by atoms with Gasteiger partial charge in [-0.25, -0.2) is 0 Å². The van der Waals surface area contributed by atoms with Gasteiger partial charge < -0.3 is 4.74 Å². The van der Waals surface area contributed by atoms with Gasteiger partial charge in [0.05, 0.1) is 12.2 Å². The van der Waals surface area contributed by atoms with Crippen LogP contribution < -0.4 is 0 Å². The van der Waals surface area contributed by atoms with E-state index in [1.54, 1.807) is 0 Å². The van der Waals surface area contributed by atoms with E-state index in [4.69, 9.17) is 4.74 Å². The molecule has 0 spiro atoms. The van der Waals surface area contributed by atoms with Gasteiger partial charge in [0.2, 0.25) is 0 Å². The number of hydrogen-bond acceptors (Lipinski definition) is 1. The standard InChI is InChI=1S/C17H32O/c1-12(2)9-15-10-16(15)18-13(3)14-7-6-8-17(4,5)11-14/h12-16H,6-11H2,1-5H3. The second kappa shape index (κ2) is 5.53. The minimum Gasteiger partial charge on any atom is -0.375 e. The van der Waals surface area contributed by atoms with Crippen LogP contribution in [0.5, 0.6) is 0 Å². The molecule has 2 saturated carbocycles. The van der Waals surface area contributed by atoms with Gasteiger partial charge in [-0.3, -0.25) is 0 Å². The average molecular weight is 252 g/mol. The van der Waals surface area contributed by atoms with Gasteiger partial charge in [0.15, 0.2) is 0 Å². The zero-order valence-corrected chi connectivity index (χ0v) is 13.0. The summed E-state index contributed by atoms with van der Waals surface area (Å²) >= 11 is 0. The maximum absolute atomic E-state index is 6.31. The van der Waals surface area contributed by atoms with Crippen LogP contribution in [-0.2, 0) is 4.74 Å². The Morgan fingerprint density at radius 2 is 1.94 bits per heavy atom. The van der Waals surface area contributed by atoms with Crippen molar-refractivity contribution in [2.75, 3.05) is 0 Å². The zero-order valence-electron chi connectivity index (χ0n) is 13.0. The van der Waals surface area contributed by atoms with E-state index in [1.807, 2.05) is 0 Å². The van der Waals surface area contributed by atoms with Crippen molar-refractivity contribution in [1.29, 1.82) is 0 Å². The molecule has 0 aromatic carbocycles. The number of ether oxygens (including phenoxy) is 1. The predicted octanol–water partition coefficient (Wildman–Crippen LogP) is 5.04. The summed E-state index contributed by atoms with van der Waals surface area (Å²) in [6.07, 6.45) is 9.27. The summed E-state index contributed by atoms with van der Waals surface area (Å²) < 4.78 is 6.31. The van der Waals surface area contributed by atoms with E-state index >= 15 is 0 Å². The molecule has 0 radical (unpaired) electrons. The van der Waals surface area contributed by atoms with E-state index in [1.165, 1.54) is 38.5 Å². The lowest BCUT2D eigenvalue weighted by molar-refractivity contribution is -0.0218. The summed E-state index contributed by atoms with van der Waals surface area (Å²) in [5, 5.41) is 0. The number of rotatable bonds is 5. The highest BCUT2D eigenvalue weighted by atomic mass is 16.5. The highest BCUT2D eigenvalue weighted by Gasteiger charge is 2.41. The van der Waals surface area contributed by atoms with Crippen molar-refractivity contribution in [2.45, 2.75) is 85.4 Å². The van der Waals surface area contributed by atoms with Gasteiger partial charge in [0.25, 0.3) is 0 Å². The smallest absolute Gasteiger partial charge is 0.0611 e. The van der Waals surface area contributed by atoms with Crippen LogP contribution in [0.25, 0.3) is 0 Å². The van der Waals surface area contributed by atoms with E-state index in [0.29, 0.717) is 17.6 Å². The van der Waals surface area contributed by atoms with Crippen LogP contribution in [0.15, 0.2) is 0 Å². The summed E-state index contributed by atoms with van der Waals surface area (Å²) in [6, 6.07) is 0. The summed E-state index contributed by atoms with van der Waals surface area (Å²) in [4.78, 5) is 0. The van der Waals surface area contributed by atoms with Crippen molar-refractivity contribution in [2.24, 2.45) is 23.2 Å². The first kappa shape index (κ1) is 14.4. The molecule has 0 aromatic rings. The molecule has 0 saturated heterocycles. The van der Waals surface area contributed by atoms with Crippen LogP contribution in [0.3, 0.4) is 0 Å². The largest absolute Gasteiger partial charge is 0.375 e. The Labute approximate surface area is 114 Å². The van der Waals surface area contributed by atoms with E-state index < -0.39 is 0 Å². The molecule has 0 heterocycles. The van der Waals surface area contributed by atoms with Crippen LogP contribution >= 0.6 is 0 Å². The Kier molecular flexibility index (Phi) is 4.41. The molecular weight excluding hydrogens is 220 g/mol. The second-order valence-corrected chi connectivity index (χ2v) is 8.03. The molecule has 1 nitrogen and oxygen atoms in total. The van der Waals surface area contributed by atoms with Crippen molar-refractivity contribution in [3.8, 4) is 0 Å². The molecule has 18 heavy (non-hydrogen) atoms. The van der Waals surface area contributed by atoms with E-state index in [9.17, 15) is 0 Å². The molecule has 0 N–H and O–H groups in total. The fourth-order valence-corrected chi connectivity index (χ4v) is 3.78. The van der Waals surface area contributed by atoms with Gasteiger partial charge in [-0.2, -0.15) is 0 Å². The van der Waals surface area contributed by atoms with Gasteiger partial charge >= 0.3 is 0 Å². The second-order valence-electron chi connectivity index (χ2n) is 8.03. The molecule has 0 amide bonds. The quantitative estimate of drug-likeness (QED) is 0.666. The minimum absolute atomic E-state index is 0.478. The molecule has 0 bridgehead atoms. The summed E-state index contributed by atoms with van der Waals surface area (Å²) in [5.41, 5.74) is 0.543. The van der Waals surface area contributed by atoms with Crippen molar-refractivity contribution in [3.63, 3.8) is 0 Å². The molecule has 4 unspecified atom stereocenters. The first-order valence-electron chi connectivity index (χ1n) is 8.03. The summed E-state index contributed by atoms with van der Waals surface area (Å²) in [6.45, 7) is 11.8. The molecule has 106 valence electrons. The van der Waals surface area contributed by atoms with Crippen molar-refractivity contribution >= 4 is 0 Å². The minimum atomic E-state index is 0.478. The van der Waals surface area contributed by atoms with E-state index in [2.05, 4.69) is 34.6 Å². The van der Waals surface area contributed by atoms with E-state index in [0.717, 1.165) is 17.8 Å². The molecule has 0 aromatic heterocycles. The van der Waals surface area contributed by atoms with Crippen molar-refractivity contribution in [1.82, 2.24) is 0 Å². The molecular formula is C17H32O. The lowest BCUT2D eigenvalue weighted by Gasteiger charge is -2.38. The monoisotopic (exact) mass is 252 g/mol. The third-order valence-electron chi connectivity index (χ3n) is 4.93. The first-order valence-corrected chi connectivity index (χ1v) is 8.03. The number of hydrogen-bond donors (Lipinski definition) is 0. The normalized spacial score (nSPS) is 36.7. The highest BCUT2D eigenvalue weighted by molar-refractivity contribution is 4.90. The third-order valence-corrected chi connectivity index (χ3v) is 4.93. The Balaban J connectivity index is 1.74. The van der Waals surface area contributed by atoms with Gasteiger partial charge in [-0.05, 0) is 62.2 Å². The Morgan fingerprint density at radius 3 is 2.56 bits per heavy atom. The van der Waals surface area contributed by atoms with Crippen LogP contribution in [0, 0.1) is 23.2 Å². The first-order chi connectivity index (χ1) is 8.37. The van der Waals surface area contributed by atoms with Gasteiger partial charge in [-0.1, -0.05) is 34.1 Å². The lowest BCUT2D eigenvalue weighted by Crippen LogP contribution is -2.31. The van der Waals surface area contributed by atoms with Crippen LogP contribution in [0.1, 0.15) is 73.1 Å². The van der Waals surface area contributed by atoms with Gasteiger partial charge in [0, 0.05) is 0 Å². The molecule has 2 fully saturated rings. The average Bonchev–Trinajstić information content (AvgIpc) is 2.93. The molecule has 2 aliphatic rings. The SMILES string of the molecule is CC(C)CC1CC1OC(C)C1CCCC(C)(C)C1. The summed E-state index contributed by atoms with van der Waals surface area (Å²) in [5.74, 6) is 2.49. The van der Waals surface area contributed by atoms with Crippen LogP contribution in [-0.4, -0.2) is 12.2 Å². The zero-order chi connectivity index (χ0) is 13.3. The van der Waals surface area contributed by atoms with E-state index in [-0.39, 0.29) is 0 Å². The molecule has 2 aliphatic carbocycles. The van der Waals surface area contributed by atoms with Crippen LogP contribution in [0.4, 0.5) is 0 Å². The molecule has 2 rings (SSSR count). The maximum Gasteiger partial charge on any atom is 0.0611 e. The maximum atomic E-state index is 6.31. The van der Waals surface area contributed by atoms with Crippen LogP contribution in [0.2, 0.25) is 0 Å². The third kappa shape index (κ3) is 3.98. The Morgan fingerprint density at radius 1 is 1.22 bits per heavy atom. The van der Waals surface area contributed by atoms with Gasteiger partial charge in [0.1, 0.15) is 0 Å². The predicted molar refractivity (Wildman–Crippen MR) is 77.6 cm³/mol. The fourth-order valence-electron chi connectivity index (χ4n) is 3.78.